The molecule has 1 saturated heterocycles. The minimum absolute atomic E-state index is 0.119. The predicted octanol–water partition coefficient (Wildman–Crippen LogP) is 3.10. The summed E-state index contributed by atoms with van der Waals surface area (Å²) < 4.78 is 5.48. The molecule has 0 aromatic heterocycles. The molecule has 1 fully saturated rings. The number of rotatable bonds is 7. The molecule has 0 bridgehead atoms. The molecule has 1 amide bonds. The zero-order chi connectivity index (χ0) is 16.8. The molecule has 3 atom stereocenters. The lowest BCUT2D eigenvalue weighted by Crippen LogP contribution is -2.46. The number of amides is 1. The Morgan fingerprint density at radius 3 is 2.61 bits per heavy atom. The summed E-state index contributed by atoms with van der Waals surface area (Å²) >= 11 is 0. The first-order valence-electron chi connectivity index (χ1n) is 8.79. The molecule has 1 aliphatic rings. The van der Waals surface area contributed by atoms with Crippen LogP contribution in [0.4, 0.5) is 0 Å². The molecule has 23 heavy (non-hydrogen) atoms. The van der Waals surface area contributed by atoms with Crippen molar-refractivity contribution in [1.29, 1.82) is 0 Å². The van der Waals surface area contributed by atoms with E-state index in [1.165, 1.54) is 5.56 Å². The van der Waals surface area contributed by atoms with Crippen LogP contribution in [0.2, 0.25) is 0 Å². The highest BCUT2D eigenvalue weighted by Crippen LogP contribution is 2.27. The first kappa shape index (κ1) is 18.0. The number of hydrogen-bond donors (Lipinski definition) is 0. The molecule has 4 heteroatoms. The summed E-state index contributed by atoms with van der Waals surface area (Å²) in [4.78, 5) is 17.1. The van der Waals surface area contributed by atoms with E-state index in [0.29, 0.717) is 18.7 Å². The van der Waals surface area contributed by atoms with E-state index in [2.05, 4.69) is 49.1 Å². The van der Waals surface area contributed by atoms with Gasteiger partial charge >= 0.3 is 0 Å². The highest BCUT2D eigenvalue weighted by molar-refractivity contribution is 5.80. The number of benzene rings is 1. The largest absolute Gasteiger partial charge is 0.369 e. The molecule has 1 aliphatic heterocycles. The van der Waals surface area contributed by atoms with Gasteiger partial charge in [0.2, 0.25) is 0 Å². The van der Waals surface area contributed by atoms with Crippen LogP contribution >= 0.6 is 0 Å². The fourth-order valence-corrected chi connectivity index (χ4v) is 3.47. The monoisotopic (exact) mass is 318 g/mol. The minimum Gasteiger partial charge on any atom is -0.369 e. The average molecular weight is 318 g/mol. The van der Waals surface area contributed by atoms with Crippen molar-refractivity contribution in [2.75, 3.05) is 26.2 Å². The second-order valence-electron chi connectivity index (χ2n) is 6.25. The lowest BCUT2D eigenvalue weighted by atomic mass is 10.1. The number of carbonyl (C=O) groups is 1. The van der Waals surface area contributed by atoms with Crippen LogP contribution in [-0.2, 0) is 9.53 Å². The van der Waals surface area contributed by atoms with Gasteiger partial charge in [-0.2, -0.15) is 0 Å². The third kappa shape index (κ3) is 4.33. The zero-order valence-electron chi connectivity index (χ0n) is 14.9. The fraction of sp³-hybridized carbons (Fsp3) is 0.632. The van der Waals surface area contributed by atoms with E-state index in [0.717, 1.165) is 26.1 Å². The van der Waals surface area contributed by atoms with Crippen LogP contribution in [0.5, 0.6) is 0 Å². The lowest BCUT2D eigenvalue weighted by Gasteiger charge is -2.31. The Balaban J connectivity index is 1.99. The molecule has 1 aromatic rings. The molecule has 0 saturated carbocycles. The van der Waals surface area contributed by atoms with Crippen molar-refractivity contribution in [2.45, 2.75) is 52.3 Å². The first-order chi connectivity index (χ1) is 11.1. The number of hydrogen-bond acceptors (Lipinski definition) is 3. The number of likely N-dealkylation sites (N-methyl/N-ethyl adjacent to an activating group) is 1. The van der Waals surface area contributed by atoms with Crippen molar-refractivity contribution < 1.29 is 9.53 Å². The number of carbonyl (C=O) groups excluding carboxylic acids is 1. The maximum atomic E-state index is 12.6. The van der Waals surface area contributed by atoms with Crippen LogP contribution < -0.4 is 0 Å². The van der Waals surface area contributed by atoms with E-state index in [1.807, 2.05) is 18.7 Å². The summed E-state index contributed by atoms with van der Waals surface area (Å²) in [6, 6.07) is 11.3. The first-order valence-corrected chi connectivity index (χ1v) is 8.79. The van der Waals surface area contributed by atoms with Gasteiger partial charge in [0.15, 0.2) is 0 Å². The predicted molar refractivity (Wildman–Crippen MR) is 93.3 cm³/mol. The van der Waals surface area contributed by atoms with E-state index in [-0.39, 0.29) is 12.0 Å². The third-order valence-electron chi connectivity index (χ3n) is 4.85. The van der Waals surface area contributed by atoms with Crippen molar-refractivity contribution in [3.63, 3.8) is 0 Å². The quantitative estimate of drug-likeness (QED) is 0.774. The van der Waals surface area contributed by atoms with Crippen molar-refractivity contribution in [3.8, 4) is 0 Å². The Labute approximate surface area is 140 Å². The minimum atomic E-state index is -0.347. The van der Waals surface area contributed by atoms with E-state index in [9.17, 15) is 4.79 Å². The SMILES string of the molecule is CCOC(C)C(=O)N(CC)C1CCN(C(C)c2ccccc2)C1. The van der Waals surface area contributed by atoms with Gasteiger partial charge in [-0.1, -0.05) is 30.3 Å². The molecule has 0 N–H and O–H groups in total. The summed E-state index contributed by atoms with van der Waals surface area (Å²) in [6.45, 7) is 11.4. The zero-order valence-corrected chi connectivity index (χ0v) is 14.9. The van der Waals surface area contributed by atoms with Crippen molar-refractivity contribution >= 4 is 5.91 Å². The average Bonchev–Trinajstić information content (AvgIpc) is 3.05. The Morgan fingerprint density at radius 2 is 2.00 bits per heavy atom. The highest BCUT2D eigenvalue weighted by atomic mass is 16.5. The van der Waals surface area contributed by atoms with Crippen LogP contribution in [0.3, 0.4) is 0 Å². The Hall–Kier alpha value is -1.39. The van der Waals surface area contributed by atoms with Crippen LogP contribution in [0, 0.1) is 0 Å². The van der Waals surface area contributed by atoms with E-state index >= 15 is 0 Å². The molecule has 2 rings (SSSR count). The van der Waals surface area contributed by atoms with Crippen molar-refractivity contribution in [1.82, 2.24) is 9.80 Å². The van der Waals surface area contributed by atoms with E-state index in [1.54, 1.807) is 0 Å². The topological polar surface area (TPSA) is 32.8 Å². The Morgan fingerprint density at radius 1 is 1.30 bits per heavy atom. The molecule has 0 aliphatic carbocycles. The number of nitrogens with zero attached hydrogens (tertiary/aromatic N) is 2. The maximum absolute atomic E-state index is 12.6. The van der Waals surface area contributed by atoms with Gasteiger partial charge in [0.25, 0.3) is 5.91 Å². The second-order valence-corrected chi connectivity index (χ2v) is 6.25. The van der Waals surface area contributed by atoms with E-state index < -0.39 is 0 Å². The normalized spacial score (nSPS) is 21.1. The van der Waals surface area contributed by atoms with Gasteiger partial charge in [-0.25, -0.2) is 0 Å². The highest BCUT2D eigenvalue weighted by Gasteiger charge is 2.33. The summed E-state index contributed by atoms with van der Waals surface area (Å²) in [5.74, 6) is 0.119. The van der Waals surface area contributed by atoms with Gasteiger partial charge in [0, 0.05) is 38.3 Å². The van der Waals surface area contributed by atoms with Gasteiger partial charge in [-0.05, 0) is 39.7 Å². The summed E-state index contributed by atoms with van der Waals surface area (Å²) in [7, 11) is 0. The molecule has 4 nitrogen and oxygen atoms in total. The lowest BCUT2D eigenvalue weighted by molar-refractivity contribution is -0.144. The molecular weight excluding hydrogens is 288 g/mol. The van der Waals surface area contributed by atoms with Crippen LogP contribution in [0.15, 0.2) is 30.3 Å². The van der Waals surface area contributed by atoms with Crippen molar-refractivity contribution in [3.05, 3.63) is 35.9 Å². The van der Waals surface area contributed by atoms with Crippen LogP contribution in [0.25, 0.3) is 0 Å². The summed E-state index contributed by atoms with van der Waals surface area (Å²) in [6.07, 6.45) is 0.691. The van der Waals surface area contributed by atoms with Gasteiger partial charge < -0.3 is 9.64 Å². The molecule has 128 valence electrons. The second kappa shape index (κ2) is 8.46. The Kier molecular flexibility index (Phi) is 6.60. The van der Waals surface area contributed by atoms with Gasteiger partial charge in [0.1, 0.15) is 6.10 Å². The fourth-order valence-electron chi connectivity index (χ4n) is 3.47. The number of likely N-dealkylation sites (tertiary alicyclic amines) is 1. The maximum Gasteiger partial charge on any atom is 0.251 e. The number of ether oxygens (including phenoxy) is 1. The molecule has 0 radical (unpaired) electrons. The molecule has 0 spiro atoms. The molecule has 1 heterocycles. The van der Waals surface area contributed by atoms with Gasteiger partial charge in [0.05, 0.1) is 0 Å². The Bertz CT molecular complexity index is 491. The van der Waals surface area contributed by atoms with E-state index in [4.69, 9.17) is 4.74 Å². The molecule has 1 aromatic carbocycles. The summed E-state index contributed by atoms with van der Waals surface area (Å²) in [5, 5.41) is 0. The molecular formula is C19H30N2O2. The standard InChI is InChI=1S/C19H30N2O2/c1-5-21(19(22)16(4)23-6-2)18-12-13-20(14-18)15(3)17-10-8-7-9-11-17/h7-11,15-16,18H,5-6,12-14H2,1-4H3. The smallest absolute Gasteiger partial charge is 0.251 e. The molecule has 3 unspecified atom stereocenters. The van der Waals surface area contributed by atoms with Crippen LogP contribution in [0.1, 0.15) is 45.7 Å². The van der Waals surface area contributed by atoms with Gasteiger partial charge in [-0.15, -0.1) is 0 Å². The summed E-state index contributed by atoms with van der Waals surface area (Å²) in [5.41, 5.74) is 1.34. The van der Waals surface area contributed by atoms with Crippen molar-refractivity contribution in [2.24, 2.45) is 0 Å². The van der Waals surface area contributed by atoms with Crippen LogP contribution in [-0.4, -0.2) is 54.1 Å². The third-order valence-corrected chi connectivity index (χ3v) is 4.85. The van der Waals surface area contributed by atoms with Gasteiger partial charge in [-0.3, -0.25) is 9.69 Å².